The summed E-state index contributed by atoms with van der Waals surface area (Å²) in [6.45, 7) is 6.76. The van der Waals surface area contributed by atoms with Crippen molar-refractivity contribution in [2.45, 2.75) is 32.9 Å². The summed E-state index contributed by atoms with van der Waals surface area (Å²) in [6, 6.07) is 8.21. The minimum absolute atomic E-state index is 0.0871. The Morgan fingerprint density at radius 2 is 1.94 bits per heavy atom. The molecule has 0 aliphatic carbocycles. The summed E-state index contributed by atoms with van der Waals surface area (Å²) in [5, 5.41) is 3.37. The standard InChI is InChI=1S/C14H23NO2/c1-4-9-15-10-13-5-7-14(8-6-13)17-12(2)11-16-3/h5-8,12,15H,4,9-11H2,1-3H3. The summed E-state index contributed by atoms with van der Waals surface area (Å²) < 4.78 is 10.7. The number of ether oxygens (including phenoxy) is 2. The number of nitrogens with one attached hydrogen (secondary N) is 1. The van der Waals surface area contributed by atoms with Gasteiger partial charge in [-0.2, -0.15) is 0 Å². The summed E-state index contributed by atoms with van der Waals surface area (Å²) >= 11 is 0. The van der Waals surface area contributed by atoms with Crippen molar-refractivity contribution in [3.05, 3.63) is 29.8 Å². The molecule has 1 rings (SSSR count). The smallest absolute Gasteiger partial charge is 0.119 e. The molecule has 0 bridgehead atoms. The van der Waals surface area contributed by atoms with Crippen LogP contribution in [-0.2, 0) is 11.3 Å². The van der Waals surface area contributed by atoms with Crippen LogP contribution in [0, 0.1) is 0 Å². The van der Waals surface area contributed by atoms with Crippen molar-refractivity contribution in [3.8, 4) is 5.75 Å². The van der Waals surface area contributed by atoms with Gasteiger partial charge in [-0.25, -0.2) is 0 Å². The SMILES string of the molecule is CCCNCc1ccc(OC(C)COC)cc1. The van der Waals surface area contributed by atoms with Crippen LogP contribution >= 0.6 is 0 Å². The van der Waals surface area contributed by atoms with E-state index in [-0.39, 0.29) is 6.10 Å². The van der Waals surface area contributed by atoms with Gasteiger partial charge in [0.15, 0.2) is 0 Å². The highest BCUT2D eigenvalue weighted by molar-refractivity contribution is 5.27. The summed E-state index contributed by atoms with van der Waals surface area (Å²) in [5.74, 6) is 0.897. The molecule has 1 aromatic rings. The third-order valence-electron chi connectivity index (χ3n) is 2.42. The van der Waals surface area contributed by atoms with E-state index in [0.29, 0.717) is 6.61 Å². The van der Waals surface area contributed by atoms with E-state index in [1.165, 1.54) is 5.56 Å². The molecule has 1 N–H and O–H groups in total. The fourth-order valence-corrected chi connectivity index (χ4v) is 1.60. The second kappa shape index (κ2) is 8.09. The van der Waals surface area contributed by atoms with Gasteiger partial charge < -0.3 is 14.8 Å². The van der Waals surface area contributed by atoms with Gasteiger partial charge in [-0.1, -0.05) is 19.1 Å². The van der Waals surface area contributed by atoms with Gasteiger partial charge in [-0.3, -0.25) is 0 Å². The molecule has 0 aliphatic heterocycles. The fraction of sp³-hybridized carbons (Fsp3) is 0.571. The van der Waals surface area contributed by atoms with E-state index in [9.17, 15) is 0 Å². The predicted molar refractivity (Wildman–Crippen MR) is 70.4 cm³/mol. The molecule has 1 atom stereocenters. The Bertz CT molecular complexity index is 298. The molecule has 3 heteroatoms. The van der Waals surface area contributed by atoms with Gasteiger partial charge in [-0.15, -0.1) is 0 Å². The molecule has 0 spiro atoms. The molecule has 17 heavy (non-hydrogen) atoms. The Balaban J connectivity index is 2.39. The number of hydrogen-bond donors (Lipinski definition) is 1. The highest BCUT2D eigenvalue weighted by atomic mass is 16.5. The highest BCUT2D eigenvalue weighted by Gasteiger charge is 2.02. The van der Waals surface area contributed by atoms with Crippen molar-refractivity contribution >= 4 is 0 Å². The zero-order valence-corrected chi connectivity index (χ0v) is 11.0. The Morgan fingerprint density at radius 3 is 2.53 bits per heavy atom. The Labute approximate surface area is 104 Å². The third-order valence-corrected chi connectivity index (χ3v) is 2.42. The van der Waals surface area contributed by atoms with Crippen molar-refractivity contribution in [1.29, 1.82) is 0 Å². The summed E-state index contributed by atoms with van der Waals surface area (Å²) in [5.41, 5.74) is 1.28. The average molecular weight is 237 g/mol. The maximum Gasteiger partial charge on any atom is 0.119 e. The maximum atomic E-state index is 5.69. The number of rotatable bonds is 8. The number of benzene rings is 1. The van der Waals surface area contributed by atoms with Gasteiger partial charge in [0.2, 0.25) is 0 Å². The van der Waals surface area contributed by atoms with Gasteiger partial charge in [-0.05, 0) is 37.6 Å². The van der Waals surface area contributed by atoms with Crippen LogP contribution in [0.25, 0.3) is 0 Å². The van der Waals surface area contributed by atoms with Crippen LogP contribution in [0.5, 0.6) is 5.75 Å². The minimum Gasteiger partial charge on any atom is -0.488 e. The molecule has 0 fully saturated rings. The lowest BCUT2D eigenvalue weighted by atomic mass is 10.2. The molecule has 0 amide bonds. The first-order chi connectivity index (χ1) is 8.26. The van der Waals surface area contributed by atoms with Gasteiger partial charge in [0.25, 0.3) is 0 Å². The summed E-state index contributed by atoms with van der Waals surface area (Å²) in [6.07, 6.45) is 1.25. The molecule has 0 aliphatic rings. The van der Waals surface area contributed by atoms with E-state index < -0.39 is 0 Å². The molecule has 1 unspecified atom stereocenters. The zero-order chi connectivity index (χ0) is 12.5. The van der Waals surface area contributed by atoms with Crippen molar-refractivity contribution in [3.63, 3.8) is 0 Å². The number of methoxy groups -OCH3 is 1. The molecule has 0 aromatic heterocycles. The van der Waals surface area contributed by atoms with E-state index in [1.54, 1.807) is 7.11 Å². The van der Waals surface area contributed by atoms with Crippen LogP contribution in [0.2, 0.25) is 0 Å². The zero-order valence-electron chi connectivity index (χ0n) is 11.0. The van der Waals surface area contributed by atoms with Crippen molar-refractivity contribution < 1.29 is 9.47 Å². The van der Waals surface area contributed by atoms with E-state index in [2.05, 4.69) is 24.4 Å². The van der Waals surface area contributed by atoms with Crippen LogP contribution in [0.15, 0.2) is 24.3 Å². The van der Waals surface area contributed by atoms with E-state index in [4.69, 9.17) is 9.47 Å². The molecular weight excluding hydrogens is 214 g/mol. The Morgan fingerprint density at radius 1 is 1.24 bits per heavy atom. The largest absolute Gasteiger partial charge is 0.488 e. The van der Waals surface area contributed by atoms with Crippen LogP contribution in [0.4, 0.5) is 0 Å². The predicted octanol–water partition coefficient (Wildman–Crippen LogP) is 2.60. The molecule has 96 valence electrons. The fourth-order valence-electron chi connectivity index (χ4n) is 1.60. The summed E-state index contributed by atoms with van der Waals surface area (Å²) in [7, 11) is 1.68. The molecule has 0 heterocycles. The monoisotopic (exact) mass is 237 g/mol. The third kappa shape index (κ3) is 5.71. The first-order valence-electron chi connectivity index (χ1n) is 6.21. The van der Waals surface area contributed by atoms with Gasteiger partial charge in [0.1, 0.15) is 11.9 Å². The van der Waals surface area contributed by atoms with Crippen molar-refractivity contribution in [2.75, 3.05) is 20.3 Å². The first kappa shape index (κ1) is 14.0. The van der Waals surface area contributed by atoms with Crippen LogP contribution < -0.4 is 10.1 Å². The second-order valence-corrected chi connectivity index (χ2v) is 4.20. The van der Waals surface area contributed by atoms with Crippen LogP contribution in [0.1, 0.15) is 25.8 Å². The average Bonchev–Trinajstić information content (AvgIpc) is 2.32. The topological polar surface area (TPSA) is 30.5 Å². The van der Waals surface area contributed by atoms with E-state index >= 15 is 0 Å². The molecule has 0 saturated heterocycles. The second-order valence-electron chi connectivity index (χ2n) is 4.20. The van der Waals surface area contributed by atoms with Gasteiger partial charge in [0, 0.05) is 13.7 Å². The first-order valence-corrected chi connectivity index (χ1v) is 6.21. The summed E-state index contributed by atoms with van der Waals surface area (Å²) in [4.78, 5) is 0. The van der Waals surface area contributed by atoms with Crippen LogP contribution in [0.3, 0.4) is 0 Å². The molecule has 1 aromatic carbocycles. The molecule has 3 nitrogen and oxygen atoms in total. The van der Waals surface area contributed by atoms with E-state index in [0.717, 1.165) is 25.3 Å². The maximum absolute atomic E-state index is 5.69. The molecule has 0 saturated carbocycles. The quantitative estimate of drug-likeness (QED) is 0.705. The van der Waals surface area contributed by atoms with Crippen LogP contribution in [-0.4, -0.2) is 26.4 Å². The van der Waals surface area contributed by atoms with E-state index in [1.807, 2.05) is 19.1 Å². The highest BCUT2D eigenvalue weighted by Crippen LogP contribution is 2.13. The minimum atomic E-state index is 0.0871. The molecule has 0 radical (unpaired) electrons. The normalized spacial score (nSPS) is 12.4. The van der Waals surface area contributed by atoms with Crippen molar-refractivity contribution in [1.82, 2.24) is 5.32 Å². The molecular formula is C14H23NO2. The lowest BCUT2D eigenvalue weighted by molar-refractivity contribution is 0.0921. The Hall–Kier alpha value is -1.06. The van der Waals surface area contributed by atoms with Gasteiger partial charge in [0.05, 0.1) is 6.61 Å². The lowest BCUT2D eigenvalue weighted by Crippen LogP contribution is -2.18. The lowest BCUT2D eigenvalue weighted by Gasteiger charge is -2.14. The van der Waals surface area contributed by atoms with Gasteiger partial charge >= 0.3 is 0 Å². The van der Waals surface area contributed by atoms with Crippen molar-refractivity contribution in [2.24, 2.45) is 0 Å². The number of hydrogen-bond acceptors (Lipinski definition) is 3. The Kier molecular flexibility index (Phi) is 6.67.